The van der Waals surface area contributed by atoms with E-state index in [1.54, 1.807) is 0 Å². The van der Waals surface area contributed by atoms with Gasteiger partial charge in [-0.1, -0.05) is 0 Å². The molecule has 3 fully saturated rings. The number of hydrogen-bond donors (Lipinski definition) is 2. The van der Waals surface area contributed by atoms with Gasteiger partial charge in [-0.3, -0.25) is 4.79 Å². The molecule has 1 heterocycles. The van der Waals surface area contributed by atoms with E-state index < -0.39 is 0 Å². The molecule has 0 bridgehead atoms. The van der Waals surface area contributed by atoms with Gasteiger partial charge >= 0.3 is 0 Å². The third kappa shape index (κ3) is 3.04. The van der Waals surface area contributed by atoms with Crippen LogP contribution in [0.3, 0.4) is 0 Å². The van der Waals surface area contributed by atoms with Gasteiger partial charge in [-0.05, 0) is 51.0 Å². The van der Waals surface area contributed by atoms with E-state index in [4.69, 9.17) is 5.73 Å². The fraction of sp³-hybridized carbons (Fsp3) is 0.929. The summed E-state index contributed by atoms with van der Waals surface area (Å²) in [5.74, 6) is 0.921. The minimum absolute atomic E-state index is 0.107. The predicted octanol–water partition coefficient (Wildman–Crippen LogP) is 0.857. The van der Waals surface area contributed by atoms with Crippen LogP contribution in [0.2, 0.25) is 0 Å². The number of nitrogens with two attached hydrogens (primary N) is 1. The summed E-state index contributed by atoms with van der Waals surface area (Å²) in [7, 11) is 0. The van der Waals surface area contributed by atoms with Crippen LogP contribution in [-0.4, -0.2) is 42.0 Å². The van der Waals surface area contributed by atoms with E-state index in [0.29, 0.717) is 30.3 Å². The molecule has 1 amide bonds. The lowest BCUT2D eigenvalue weighted by Gasteiger charge is -2.27. The molecule has 0 aromatic rings. The number of nitrogens with zero attached hydrogens (tertiary/aromatic N) is 1. The molecule has 0 aromatic carbocycles. The zero-order chi connectivity index (χ0) is 12.5. The van der Waals surface area contributed by atoms with Crippen LogP contribution in [0.15, 0.2) is 0 Å². The van der Waals surface area contributed by atoms with Crippen LogP contribution in [0.4, 0.5) is 0 Å². The van der Waals surface area contributed by atoms with Crippen molar-refractivity contribution in [1.29, 1.82) is 0 Å². The molecule has 0 aromatic heterocycles. The Morgan fingerprint density at radius 2 is 2.06 bits per heavy atom. The van der Waals surface area contributed by atoms with Crippen molar-refractivity contribution in [3.63, 3.8) is 0 Å². The standard InChI is InChI=1S/C14H25N3O/c15-13(10-3-4-10)8-14(18)17(12-5-6-12)9-11-2-1-7-16-11/h10-13,16H,1-9,15H2. The van der Waals surface area contributed by atoms with Gasteiger partial charge in [0.1, 0.15) is 0 Å². The number of amides is 1. The van der Waals surface area contributed by atoms with E-state index >= 15 is 0 Å². The van der Waals surface area contributed by atoms with Crippen molar-refractivity contribution in [3.05, 3.63) is 0 Å². The third-order valence-corrected chi connectivity index (χ3v) is 4.53. The van der Waals surface area contributed by atoms with Crippen molar-refractivity contribution >= 4 is 5.91 Å². The number of carbonyl (C=O) groups excluding carboxylic acids is 1. The Kier molecular flexibility index (Phi) is 3.57. The molecule has 2 saturated carbocycles. The lowest BCUT2D eigenvalue weighted by molar-refractivity contribution is -0.132. The highest BCUT2D eigenvalue weighted by Gasteiger charge is 2.37. The summed E-state index contributed by atoms with van der Waals surface area (Å²) in [6.07, 6.45) is 7.86. The van der Waals surface area contributed by atoms with E-state index in [1.807, 2.05) is 0 Å². The van der Waals surface area contributed by atoms with Crippen LogP contribution in [0.5, 0.6) is 0 Å². The zero-order valence-corrected chi connectivity index (χ0v) is 11.1. The lowest BCUT2D eigenvalue weighted by Crippen LogP contribution is -2.44. The van der Waals surface area contributed by atoms with Gasteiger partial charge in [-0.2, -0.15) is 0 Å². The number of nitrogens with one attached hydrogen (secondary N) is 1. The highest BCUT2D eigenvalue weighted by molar-refractivity contribution is 5.77. The molecule has 18 heavy (non-hydrogen) atoms. The van der Waals surface area contributed by atoms with Crippen molar-refractivity contribution in [2.45, 2.75) is 63.1 Å². The molecule has 4 nitrogen and oxygen atoms in total. The highest BCUT2D eigenvalue weighted by atomic mass is 16.2. The number of carbonyl (C=O) groups is 1. The van der Waals surface area contributed by atoms with E-state index in [0.717, 1.165) is 13.1 Å². The van der Waals surface area contributed by atoms with Crippen LogP contribution in [0.25, 0.3) is 0 Å². The molecule has 1 saturated heterocycles. The van der Waals surface area contributed by atoms with Gasteiger partial charge in [-0.25, -0.2) is 0 Å². The van der Waals surface area contributed by atoms with Crippen LogP contribution in [0, 0.1) is 5.92 Å². The normalized spacial score (nSPS) is 29.3. The van der Waals surface area contributed by atoms with E-state index in [-0.39, 0.29) is 6.04 Å². The summed E-state index contributed by atoms with van der Waals surface area (Å²) in [5.41, 5.74) is 6.08. The molecule has 2 atom stereocenters. The van der Waals surface area contributed by atoms with Gasteiger partial charge in [0.15, 0.2) is 0 Å². The van der Waals surface area contributed by atoms with E-state index in [1.165, 1.54) is 38.5 Å². The summed E-state index contributed by atoms with van der Waals surface area (Å²) < 4.78 is 0. The molecule has 3 N–H and O–H groups in total. The second-order valence-electron chi connectivity index (χ2n) is 6.28. The minimum atomic E-state index is 0.107. The van der Waals surface area contributed by atoms with Crippen molar-refractivity contribution in [2.75, 3.05) is 13.1 Å². The Hall–Kier alpha value is -0.610. The molecule has 0 radical (unpaired) electrons. The molecular formula is C14H25N3O. The van der Waals surface area contributed by atoms with Crippen LogP contribution >= 0.6 is 0 Å². The van der Waals surface area contributed by atoms with Gasteiger partial charge in [-0.15, -0.1) is 0 Å². The van der Waals surface area contributed by atoms with E-state index in [9.17, 15) is 4.79 Å². The monoisotopic (exact) mass is 251 g/mol. The summed E-state index contributed by atoms with van der Waals surface area (Å²) in [4.78, 5) is 14.5. The maximum Gasteiger partial charge on any atom is 0.224 e. The maximum absolute atomic E-state index is 12.4. The van der Waals surface area contributed by atoms with Gasteiger partial charge in [0.05, 0.1) is 0 Å². The van der Waals surface area contributed by atoms with Crippen molar-refractivity contribution in [1.82, 2.24) is 10.2 Å². The molecule has 102 valence electrons. The predicted molar refractivity (Wildman–Crippen MR) is 71.1 cm³/mol. The zero-order valence-electron chi connectivity index (χ0n) is 11.1. The Morgan fingerprint density at radius 1 is 1.28 bits per heavy atom. The second kappa shape index (κ2) is 5.17. The Labute approximate surface area is 109 Å². The maximum atomic E-state index is 12.4. The first-order chi connectivity index (χ1) is 8.74. The molecular weight excluding hydrogens is 226 g/mol. The van der Waals surface area contributed by atoms with Gasteiger partial charge in [0, 0.05) is 31.1 Å². The highest BCUT2D eigenvalue weighted by Crippen LogP contribution is 2.34. The Bertz CT molecular complexity index is 306. The Balaban J connectivity index is 1.52. The summed E-state index contributed by atoms with van der Waals surface area (Å²) in [5, 5.41) is 3.49. The van der Waals surface area contributed by atoms with Gasteiger partial charge < -0.3 is 16.0 Å². The SMILES string of the molecule is NC(CC(=O)N(CC1CCCN1)C1CC1)C1CC1. The lowest BCUT2D eigenvalue weighted by atomic mass is 10.1. The molecule has 1 aliphatic heterocycles. The minimum Gasteiger partial charge on any atom is -0.338 e. The van der Waals surface area contributed by atoms with E-state index in [2.05, 4.69) is 10.2 Å². The van der Waals surface area contributed by atoms with Gasteiger partial charge in [0.2, 0.25) is 5.91 Å². The van der Waals surface area contributed by atoms with Crippen molar-refractivity contribution in [3.8, 4) is 0 Å². The van der Waals surface area contributed by atoms with Gasteiger partial charge in [0.25, 0.3) is 0 Å². The number of hydrogen-bond acceptors (Lipinski definition) is 3. The van der Waals surface area contributed by atoms with Crippen LogP contribution in [0.1, 0.15) is 44.9 Å². The molecule has 3 rings (SSSR count). The quantitative estimate of drug-likeness (QED) is 0.736. The van der Waals surface area contributed by atoms with Crippen molar-refractivity contribution in [2.24, 2.45) is 11.7 Å². The summed E-state index contributed by atoms with van der Waals surface area (Å²) >= 11 is 0. The molecule has 2 unspecified atom stereocenters. The van der Waals surface area contributed by atoms with Crippen LogP contribution in [-0.2, 0) is 4.79 Å². The molecule has 0 spiro atoms. The first kappa shape index (κ1) is 12.4. The summed E-state index contributed by atoms with van der Waals surface area (Å²) in [6.45, 7) is 2.01. The average Bonchev–Trinajstić information content (AvgIpc) is 3.25. The number of rotatable bonds is 6. The van der Waals surface area contributed by atoms with Crippen LogP contribution < -0.4 is 11.1 Å². The van der Waals surface area contributed by atoms with Crippen molar-refractivity contribution < 1.29 is 4.79 Å². The first-order valence-electron chi connectivity index (χ1n) is 7.52. The first-order valence-corrected chi connectivity index (χ1v) is 7.52. The molecule has 3 aliphatic rings. The summed E-state index contributed by atoms with van der Waals surface area (Å²) in [6, 6.07) is 1.15. The third-order valence-electron chi connectivity index (χ3n) is 4.53. The fourth-order valence-corrected chi connectivity index (χ4v) is 3.00. The molecule has 2 aliphatic carbocycles. The second-order valence-corrected chi connectivity index (χ2v) is 6.28. The fourth-order valence-electron chi connectivity index (χ4n) is 3.00. The largest absolute Gasteiger partial charge is 0.338 e. The Morgan fingerprint density at radius 3 is 2.61 bits per heavy atom. The average molecular weight is 251 g/mol. The molecule has 4 heteroatoms. The smallest absolute Gasteiger partial charge is 0.224 e. The topological polar surface area (TPSA) is 58.4 Å².